The first-order chi connectivity index (χ1) is 7.07. The third-order valence-electron chi connectivity index (χ3n) is 14.6. The zero-order valence-corrected chi connectivity index (χ0v) is 9.63. The molecule has 0 aromatic rings. The molecule has 1 spiro atoms. The summed E-state index contributed by atoms with van der Waals surface area (Å²) in [5, 5.41) is 0. The van der Waals surface area contributed by atoms with E-state index in [1.807, 2.05) is 0 Å². The summed E-state index contributed by atoms with van der Waals surface area (Å²) in [7, 11) is 1.31. The Morgan fingerprint density at radius 2 is 1.00 bits per heavy atom. The Bertz CT molecular complexity index is 641. The second kappa shape index (κ2) is 0.398. The summed E-state index contributed by atoms with van der Waals surface area (Å²) < 4.78 is 3.86. The molecule has 0 saturated carbocycles. The topological polar surface area (TPSA) is 26.3 Å². The van der Waals surface area contributed by atoms with Gasteiger partial charge in [0.25, 0.3) is 6.47 Å². The molecule has 10 heterocycles. The summed E-state index contributed by atoms with van der Waals surface area (Å²) in [5.41, 5.74) is 0. The zero-order chi connectivity index (χ0) is 9.50. The Balaban J connectivity index is 0.000000121. The molecule has 0 atom stereocenters. The van der Waals surface area contributed by atoms with Gasteiger partial charge in [-0.1, -0.05) is 0 Å². The summed E-state index contributed by atoms with van der Waals surface area (Å²) in [6, 6.07) is 0. The third-order valence-corrected chi connectivity index (χ3v) is 56.6. The maximum atomic E-state index is 8.95. The van der Waals surface area contributed by atoms with Gasteiger partial charge in [0, 0.05) is 0 Å². The normalized spacial score (nSPS) is 127. The van der Waals surface area contributed by atoms with Crippen molar-refractivity contribution < 1.29 is 16.0 Å². The van der Waals surface area contributed by atoms with E-state index in [2.05, 4.69) is 4.74 Å². The quantitative estimate of drug-likeness (QED) is 0.524. The van der Waals surface area contributed by atoms with Crippen LogP contribution in [-0.4, -0.2) is 13.6 Å². The second-order valence-electron chi connectivity index (χ2n) is 9.92. The van der Waals surface area contributed by atoms with Gasteiger partial charge in [-0.3, -0.25) is 4.79 Å². The van der Waals surface area contributed by atoms with Crippen LogP contribution < -0.4 is 0 Å². The first-order valence-corrected chi connectivity index (χ1v) is 12.6. The Hall–Kier alpha value is -0.0105. The molecule has 10 saturated heterocycles. The van der Waals surface area contributed by atoms with Crippen molar-refractivity contribution in [2.24, 2.45) is 0 Å². The SMILES string of the molecule is COC=O.[CH]12[CH]3[CH]4[CH]5[CH]1[Fe]23451678[CH]2[CH]1[CH]6[CH]7[CH]28. The van der Waals surface area contributed by atoms with Gasteiger partial charge in [-0.25, -0.2) is 0 Å². The van der Waals surface area contributed by atoms with Crippen LogP contribution in [0.2, 0.25) is 48.2 Å². The average Bonchev–Trinajstić information content (AvgIpc) is 3.18. The molecule has 0 aliphatic carbocycles. The van der Waals surface area contributed by atoms with Gasteiger partial charge in [0.1, 0.15) is 0 Å². The van der Waals surface area contributed by atoms with Crippen molar-refractivity contribution >= 4 is 6.47 Å². The van der Waals surface area contributed by atoms with Gasteiger partial charge in [0.05, 0.1) is 7.11 Å². The summed E-state index contributed by atoms with van der Waals surface area (Å²) >= 11 is 0. The molecule has 82 valence electrons. The molecule has 15 heavy (non-hydrogen) atoms. The first kappa shape index (κ1) is 5.55. The number of carbonyl (C=O) groups is 1. The molecule has 2 nitrogen and oxygen atoms in total. The van der Waals surface area contributed by atoms with Gasteiger partial charge in [-0.15, -0.1) is 0 Å². The van der Waals surface area contributed by atoms with Gasteiger partial charge >= 0.3 is 54.7 Å². The van der Waals surface area contributed by atoms with E-state index in [1.165, 1.54) is 7.11 Å². The van der Waals surface area contributed by atoms with E-state index >= 15 is 0 Å². The van der Waals surface area contributed by atoms with Crippen LogP contribution in [0.4, 0.5) is 0 Å². The van der Waals surface area contributed by atoms with Crippen LogP contribution in [0.1, 0.15) is 0 Å². The molecular weight excluding hydrogens is 232 g/mol. The molecule has 0 radical (unpaired) electrons. The van der Waals surface area contributed by atoms with Gasteiger partial charge in [-0.2, -0.15) is 0 Å². The second-order valence-corrected chi connectivity index (χ2v) is 33.8. The van der Waals surface area contributed by atoms with E-state index in [-0.39, 0.29) is 0 Å². The van der Waals surface area contributed by atoms with Crippen molar-refractivity contribution in [1.82, 2.24) is 0 Å². The summed E-state index contributed by atoms with van der Waals surface area (Å²) in [4.78, 5) is 24.9. The Morgan fingerprint density at radius 3 is 1.00 bits per heavy atom. The maximum absolute atomic E-state index is 8.95. The zero-order valence-electron chi connectivity index (χ0n) is 8.52. The number of methoxy groups -OCH3 is 1. The molecule has 10 rings (SSSR count). The van der Waals surface area contributed by atoms with Crippen molar-refractivity contribution in [3.05, 3.63) is 0 Å². The van der Waals surface area contributed by atoms with Crippen molar-refractivity contribution in [3.8, 4) is 0 Å². The number of carbonyl (C=O) groups excluding carboxylic acids is 1. The number of hydrogen-bond donors (Lipinski definition) is 0. The molecular formula is C12H14FeO2. The first-order valence-electron chi connectivity index (χ1n) is 6.25. The molecule has 3 heteroatoms. The number of hydrogen-bond acceptors (Lipinski definition) is 2. The standard InChI is InChI=1S/2C5H5.C2H4O2.Fe/c2*1-2-4-5-3-1;1-4-2-3;/h2*1-5H;2H,1H3;. The fraction of sp³-hybridized carbons (Fsp3) is 0.917. The molecule has 10 fully saturated rings. The van der Waals surface area contributed by atoms with E-state index in [0.29, 0.717) is 6.47 Å². The molecule has 0 bridgehead atoms. The van der Waals surface area contributed by atoms with Crippen molar-refractivity contribution in [1.29, 1.82) is 0 Å². The molecule has 10 aliphatic heterocycles. The van der Waals surface area contributed by atoms with Gasteiger partial charge in [0.15, 0.2) is 0 Å². The number of rotatable bonds is 1. The van der Waals surface area contributed by atoms with Crippen LogP contribution in [0.25, 0.3) is 0 Å². The summed E-state index contributed by atoms with van der Waals surface area (Å²) in [5.74, 6) is 0. The van der Waals surface area contributed by atoms with E-state index in [4.69, 9.17) is 4.79 Å². The van der Waals surface area contributed by atoms with Crippen LogP contribution in [-0.2, 0) is 16.0 Å². The molecule has 0 N–H and O–H groups in total. The van der Waals surface area contributed by atoms with Crippen LogP contribution in [0.3, 0.4) is 0 Å². The Morgan fingerprint density at radius 1 is 0.800 bits per heavy atom. The monoisotopic (exact) mass is 246 g/mol. The van der Waals surface area contributed by atoms with E-state index in [1.54, 1.807) is 48.2 Å². The van der Waals surface area contributed by atoms with Gasteiger partial charge in [0.2, 0.25) is 0 Å². The average molecular weight is 246 g/mol. The molecule has 0 unspecified atom stereocenters. The van der Waals surface area contributed by atoms with Gasteiger partial charge < -0.3 is 4.74 Å². The van der Waals surface area contributed by atoms with E-state index in [0.717, 1.165) is 0 Å². The molecule has 0 aromatic carbocycles. The van der Waals surface area contributed by atoms with Crippen molar-refractivity contribution in [2.45, 2.75) is 48.2 Å². The molecule has 0 amide bonds. The summed E-state index contributed by atoms with van der Waals surface area (Å²) in [6.07, 6.45) is 0. The van der Waals surface area contributed by atoms with Crippen LogP contribution in [0.5, 0.6) is 0 Å². The van der Waals surface area contributed by atoms with Crippen molar-refractivity contribution in [3.63, 3.8) is 0 Å². The van der Waals surface area contributed by atoms with E-state index in [9.17, 15) is 0 Å². The van der Waals surface area contributed by atoms with Gasteiger partial charge in [-0.05, 0) is 0 Å². The number of fused-ring (bicyclic) bond motifs is 10. The minimum atomic E-state index is -2.28. The Labute approximate surface area is 78.0 Å². The molecule has 0 aromatic heterocycles. The summed E-state index contributed by atoms with van der Waals surface area (Å²) in [6.45, 7) is -1.91. The van der Waals surface area contributed by atoms with E-state index < -0.39 is 6.51 Å². The number of ether oxygens (including phenoxy) is 1. The molecule has 10 aliphatic rings. The van der Waals surface area contributed by atoms with Crippen LogP contribution >= 0.6 is 0 Å². The van der Waals surface area contributed by atoms with Crippen LogP contribution in [0.15, 0.2) is 0 Å². The van der Waals surface area contributed by atoms with Crippen LogP contribution in [0, 0.1) is 0 Å². The fourth-order valence-electron chi connectivity index (χ4n) is 15.8. The predicted octanol–water partition coefficient (Wildman–Crippen LogP) is 3.16. The minimum absolute atomic E-state index is 0.375. The third kappa shape index (κ3) is 0.0498. The van der Waals surface area contributed by atoms with Crippen molar-refractivity contribution in [2.75, 3.05) is 7.11 Å². The predicted molar refractivity (Wildman–Crippen MR) is 50.6 cm³/mol. The Kier molecular flexibility index (Phi) is 0.147. The fourth-order valence-corrected chi connectivity index (χ4v) is 88.0.